The standard InChI is InChI=1S/C33H34O8.C26H30O6/c34-32(28-13-5-1-6-14-28)38-24-33(21-35-25-39-29-15-7-2-8-16-29,22-36-26-40-30-17-9-3-10-18-30)23-37-27-41-31-19-11-4-12-20-31;1-26(17-27-20-30-23-11-5-2-6-12-23,18-28-21-31-24-13-7-3-8-14-24)19-29-22-32-25-15-9-4-10-16-25/h1-20H,21-27H2;2-16H,17-22H2,1H3. The van der Waals surface area contributed by atoms with Gasteiger partial charge in [0.05, 0.1) is 50.6 Å². The molecule has 0 N–H and O–H groups in total. The van der Waals surface area contributed by atoms with E-state index in [1.165, 1.54) is 0 Å². The van der Waals surface area contributed by atoms with E-state index < -0.39 is 16.8 Å². The van der Waals surface area contributed by atoms with Crippen molar-refractivity contribution in [3.63, 3.8) is 0 Å². The lowest BCUT2D eigenvalue weighted by atomic mass is 9.92. The zero-order chi connectivity index (χ0) is 50.8. The molecule has 384 valence electrons. The molecule has 0 fully saturated rings. The highest BCUT2D eigenvalue weighted by Crippen LogP contribution is 2.24. The molecule has 0 aliphatic heterocycles. The molecule has 0 unspecified atom stereocenters. The number of hydrogen-bond donors (Lipinski definition) is 0. The Balaban J connectivity index is 0.000000246. The number of benzene rings is 7. The van der Waals surface area contributed by atoms with Crippen LogP contribution in [0.4, 0.5) is 0 Å². The van der Waals surface area contributed by atoms with E-state index in [4.69, 9.17) is 61.6 Å². The lowest BCUT2D eigenvalue weighted by Gasteiger charge is -2.32. The van der Waals surface area contributed by atoms with Crippen LogP contribution in [0.25, 0.3) is 0 Å². The summed E-state index contributed by atoms with van der Waals surface area (Å²) in [6.07, 6.45) is 0. The van der Waals surface area contributed by atoms with Gasteiger partial charge < -0.3 is 61.6 Å². The van der Waals surface area contributed by atoms with E-state index in [1.807, 2.05) is 195 Å². The maximum absolute atomic E-state index is 12.8. The number of para-hydroxylation sites is 6. The van der Waals surface area contributed by atoms with E-state index in [9.17, 15) is 4.79 Å². The molecule has 0 aliphatic carbocycles. The first-order valence-electron chi connectivity index (χ1n) is 23.7. The quantitative estimate of drug-likeness (QED) is 0.0219. The monoisotopic (exact) mass is 996 g/mol. The Morgan fingerprint density at radius 2 is 0.521 bits per heavy atom. The molecule has 73 heavy (non-hydrogen) atoms. The smallest absolute Gasteiger partial charge is 0.338 e. The highest BCUT2D eigenvalue weighted by molar-refractivity contribution is 5.89. The van der Waals surface area contributed by atoms with E-state index in [0.29, 0.717) is 42.6 Å². The van der Waals surface area contributed by atoms with E-state index >= 15 is 0 Å². The molecule has 7 aromatic rings. The lowest BCUT2D eigenvalue weighted by Crippen LogP contribution is -2.43. The molecule has 7 rings (SSSR count). The molecule has 0 radical (unpaired) electrons. The minimum absolute atomic E-state index is 0.0145. The maximum atomic E-state index is 12.8. The summed E-state index contributed by atoms with van der Waals surface area (Å²) in [5.74, 6) is 3.84. The molecular formula is C59H64O14. The first-order chi connectivity index (χ1) is 36.0. The van der Waals surface area contributed by atoms with Crippen LogP contribution in [0.15, 0.2) is 212 Å². The molecular weight excluding hydrogens is 933 g/mol. The molecule has 0 bridgehead atoms. The lowest BCUT2D eigenvalue weighted by molar-refractivity contribution is -0.139. The summed E-state index contributed by atoms with van der Waals surface area (Å²) >= 11 is 0. The van der Waals surface area contributed by atoms with E-state index in [-0.39, 0.29) is 67.2 Å². The largest absolute Gasteiger partial charge is 0.468 e. The first-order valence-corrected chi connectivity index (χ1v) is 23.7. The molecule has 0 amide bonds. The second-order valence-corrected chi connectivity index (χ2v) is 16.8. The third-order valence-electron chi connectivity index (χ3n) is 10.4. The third-order valence-corrected chi connectivity index (χ3v) is 10.4. The number of esters is 1. The van der Waals surface area contributed by atoms with Crippen molar-refractivity contribution in [2.75, 3.05) is 87.0 Å². The molecule has 0 aliphatic rings. The van der Waals surface area contributed by atoms with E-state index in [2.05, 4.69) is 0 Å². The Labute approximate surface area is 428 Å². The van der Waals surface area contributed by atoms with Crippen LogP contribution in [-0.2, 0) is 33.2 Å². The van der Waals surface area contributed by atoms with Crippen LogP contribution < -0.4 is 28.4 Å². The Morgan fingerprint density at radius 1 is 0.301 bits per heavy atom. The van der Waals surface area contributed by atoms with Crippen LogP contribution in [-0.4, -0.2) is 93.0 Å². The zero-order valence-electron chi connectivity index (χ0n) is 41.1. The fourth-order valence-corrected chi connectivity index (χ4v) is 6.65. The summed E-state index contributed by atoms with van der Waals surface area (Å²) in [6.45, 7) is 3.85. The van der Waals surface area contributed by atoms with Gasteiger partial charge >= 0.3 is 5.97 Å². The average molecular weight is 997 g/mol. The molecule has 0 saturated carbocycles. The highest BCUT2D eigenvalue weighted by atomic mass is 16.7. The minimum atomic E-state index is -0.898. The van der Waals surface area contributed by atoms with Crippen molar-refractivity contribution in [3.05, 3.63) is 218 Å². The van der Waals surface area contributed by atoms with Crippen molar-refractivity contribution in [2.24, 2.45) is 10.8 Å². The summed E-state index contributed by atoms with van der Waals surface area (Å²) in [6, 6.07) is 65.5. The number of hydrogen-bond acceptors (Lipinski definition) is 14. The van der Waals surface area contributed by atoms with Crippen molar-refractivity contribution in [3.8, 4) is 34.5 Å². The fraction of sp³-hybridized carbons (Fsp3) is 0.271. The van der Waals surface area contributed by atoms with Gasteiger partial charge in [-0.25, -0.2) is 4.79 Å². The molecule has 0 saturated heterocycles. The van der Waals surface area contributed by atoms with Crippen LogP contribution in [0, 0.1) is 10.8 Å². The van der Waals surface area contributed by atoms with Gasteiger partial charge in [0.1, 0.15) is 41.1 Å². The van der Waals surface area contributed by atoms with Crippen molar-refractivity contribution in [1.29, 1.82) is 0 Å². The molecule has 7 aromatic carbocycles. The van der Waals surface area contributed by atoms with Gasteiger partial charge in [-0.3, -0.25) is 0 Å². The number of carbonyl (C=O) groups excluding carboxylic acids is 1. The molecule has 0 spiro atoms. The van der Waals surface area contributed by atoms with E-state index in [0.717, 1.165) is 17.2 Å². The molecule has 0 atom stereocenters. The van der Waals surface area contributed by atoms with Gasteiger partial charge in [0.2, 0.25) is 0 Å². The van der Waals surface area contributed by atoms with Gasteiger partial charge in [0.25, 0.3) is 0 Å². The Hall–Kier alpha value is -7.43. The predicted molar refractivity (Wildman–Crippen MR) is 275 cm³/mol. The van der Waals surface area contributed by atoms with Gasteiger partial charge in [-0.2, -0.15) is 0 Å². The van der Waals surface area contributed by atoms with Gasteiger partial charge in [0, 0.05) is 5.41 Å². The van der Waals surface area contributed by atoms with Crippen LogP contribution in [0.3, 0.4) is 0 Å². The normalized spacial score (nSPS) is 11.1. The van der Waals surface area contributed by atoms with E-state index in [1.54, 1.807) is 24.3 Å². The number of ether oxygens (including phenoxy) is 13. The van der Waals surface area contributed by atoms with Crippen molar-refractivity contribution in [2.45, 2.75) is 6.92 Å². The summed E-state index contributed by atoms with van der Waals surface area (Å²) in [7, 11) is 0. The van der Waals surface area contributed by atoms with Gasteiger partial charge in [-0.1, -0.05) is 134 Å². The van der Waals surface area contributed by atoms with Gasteiger partial charge in [-0.15, -0.1) is 0 Å². The fourth-order valence-electron chi connectivity index (χ4n) is 6.65. The Morgan fingerprint density at radius 3 is 0.767 bits per heavy atom. The van der Waals surface area contributed by atoms with Crippen LogP contribution in [0.5, 0.6) is 34.5 Å². The third kappa shape index (κ3) is 22.3. The second-order valence-electron chi connectivity index (χ2n) is 16.8. The number of rotatable bonds is 33. The molecule has 14 heteroatoms. The van der Waals surface area contributed by atoms with Crippen LogP contribution in [0.2, 0.25) is 0 Å². The summed E-state index contributed by atoms with van der Waals surface area (Å²) < 4.78 is 74.7. The van der Waals surface area contributed by atoms with Crippen molar-refractivity contribution in [1.82, 2.24) is 0 Å². The summed E-state index contributed by atoms with van der Waals surface area (Å²) in [4.78, 5) is 12.8. The van der Waals surface area contributed by atoms with Gasteiger partial charge in [0.15, 0.2) is 40.8 Å². The zero-order valence-corrected chi connectivity index (χ0v) is 41.1. The average Bonchev–Trinajstić information content (AvgIpc) is 3.45. The Kier molecular flexibility index (Phi) is 24.5. The number of carbonyl (C=O) groups is 1. The second kappa shape index (κ2) is 32.5. The van der Waals surface area contributed by atoms with Crippen molar-refractivity contribution < 1.29 is 66.4 Å². The van der Waals surface area contributed by atoms with Crippen molar-refractivity contribution >= 4 is 5.97 Å². The SMILES string of the molecule is CC(COCOc1ccccc1)(COCOc1ccccc1)COCOc1ccccc1.O=C(OCC(COCOc1ccccc1)(COCOc1ccccc1)COCOc1ccccc1)c1ccccc1. The highest BCUT2D eigenvalue weighted by Gasteiger charge is 2.35. The van der Waals surface area contributed by atoms with Gasteiger partial charge in [-0.05, 0) is 84.9 Å². The first kappa shape index (κ1) is 54.9. The summed E-state index contributed by atoms with van der Waals surface area (Å²) in [5.41, 5.74) is -0.874. The topological polar surface area (TPSA) is 137 Å². The van der Waals surface area contributed by atoms with Crippen LogP contribution in [0.1, 0.15) is 17.3 Å². The molecule has 14 nitrogen and oxygen atoms in total. The maximum Gasteiger partial charge on any atom is 0.338 e. The van der Waals surface area contributed by atoms with Crippen LogP contribution >= 0.6 is 0 Å². The minimum Gasteiger partial charge on any atom is -0.468 e. The predicted octanol–water partition coefficient (Wildman–Crippen LogP) is 11.1. The summed E-state index contributed by atoms with van der Waals surface area (Å²) in [5, 5.41) is 0. The molecule has 0 aromatic heterocycles. The molecule has 0 heterocycles. The Bertz CT molecular complexity index is 2220.